The Morgan fingerprint density at radius 1 is 0.192 bits per heavy atom. The molecule has 14 aromatic carbocycles. The molecule has 0 radical (unpaired) electrons. The van der Waals surface area contributed by atoms with E-state index < -0.39 is 0 Å². The molecule has 0 fully saturated rings. The van der Waals surface area contributed by atoms with Crippen molar-refractivity contribution >= 4 is 55.9 Å². The average Bonchev–Trinajstić information content (AvgIpc) is 1.56. The van der Waals surface area contributed by atoms with E-state index in [1.54, 1.807) is 0 Å². The number of benzene rings is 14. The molecule has 0 atom stereocenters. The van der Waals surface area contributed by atoms with Crippen LogP contribution in [0.5, 0.6) is 0 Å². The number of rotatable bonds is 11. The molecule has 8 nitrogen and oxygen atoms in total. The van der Waals surface area contributed by atoms with E-state index in [1.165, 1.54) is 27.5 Å². The van der Waals surface area contributed by atoms with Crippen molar-refractivity contribution < 1.29 is 0 Å². The second-order valence-electron chi connectivity index (χ2n) is 26.5. The fourth-order valence-electron chi connectivity index (χ4n) is 15.7. The van der Waals surface area contributed by atoms with Crippen LogP contribution in [0, 0.1) is 0 Å². The number of nitrogens with zero attached hydrogens (tertiary/aromatic N) is 8. The van der Waals surface area contributed by atoms with Gasteiger partial charge >= 0.3 is 0 Å². The van der Waals surface area contributed by atoms with Crippen LogP contribution >= 0.6 is 0 Å². The molecular weight excluding hydrogens is 1270 g/mol. The van der Waals surface area contributed by atoms with Crippen LogP contribution in [0.4, 0.5) is 34.1 Å². The number of aromatic nitrogens is 6. The normalized spacial score (nSPS) is 12.0. The van der Waals surface area contributed by atoms with Gasteiger partial charge in [0.15, 0.2) is 11.6 Å². The van der Waals surface area contributed by atoms with Gasteiger partial charge in [-0.1, -0.05) is 261 Å². The summed E-state index contributed by atoms with van der Waals surface area (Å²) in [6.07, 6.45) is 0. The first kappa shape index (κ1) is 59.9. The Balaban J connectivity index is 0.668. The molecule has 20 rings (SSSR count). The monoisotopic (exact) mass is 1330 g/mol. The molecule has 0 aliphatic carbocycles. The maximum atomic E-state index is 5.47. The average molecular weight is 1330 g/mol. The van der Waals surface area contributed by atoms with Crippen LogP contribution in [0.1, 0.15) is 0 Å². The van der Waals surface area contributed by atoms with Crippen LogP contribution in [-0.4, -0.2) is 29.1 Å². The van der Waals surface area contributed by atoms with E-state index in [9.17, 15) is 0 Å². The molecule has 0 saturated carbocycles. The molecule has 2 aliphatic heterocycles. The SMILES string of the molecule is c1ccc(-c2cc(-c3ccc(-n4c5c(c6ccccc64)-c4ccccc4N(c4cccc(-c6cccc(-c7cc(-c8ccccc8)nc(-c8ccc(-n9c%10c(c%11ccccc%119)-c9ccccc9N(c9ccccc9)c9ccccc9-%10)cc8)n7)c6)c4)c4ccccc4-5)cc3)nc(-c3ccccc3)n2)cc1. The Morgan fingerprint density at radius 3 is 1.00 bits per heavy atom. The first-order valence-corrected chi connectivity index (χ1v) is 35.3. The summed E-state index contributed by atoms with van der Waals surface area (Å²) in [4.78, 5) is 26.0. The van der Waals surface area contributed by atoms with Gasteiger partial charge in [-0.3, -0.25) is 0 Å². The van der Waals surface area contributed by atoms with Crippen molar-refractivity contribution in [3.8, 4) is 135 Å². The van der Waals surface area contributed by atoms with Gasteiger partial charge in [0.2, 0.25) is 0 Å². The molecule has 0 saturated heterocycles. The standard InChI is InChI=1S/C96H62N8/c1-5-27-63(28-6-1)81-61-83(99-95(97-81)66-31-9-3-10-32-66)65-51-55-72(56-52-65)103-87-47-21-16-42-78(87)92-76-40-14-20-46-86(76)102(90-50-24-18-44-80(90)94(92)103)74-38-26-34-69(60-74)68-33-25-35-70(59-68)84-62-82(64-29-7-2-8-30-64)98-96(100-84)67-53-57-73(58-54-67)104-88-48-22-15-41-77(88)91-75-39-13-19-45-85(75)101(71-36-11-4-12-37-71)89-49-23-17-43-79(89)93(91)104/h1-62H. The summed E-state index contributed by atoms with van der Waals surface area (Å²) < 4.78 is 4.89. The Kier molecular flexibility index (Phi) is 14.4. The van der Waals surface area contributed by atoms with Crippen molar-refractivity contribution in [1.82, 2.24) is 29.1 Å². The molecule has 2 aliphatic rings. The molecule has 486 valence electrons. The number of hydrogen-bond donors (Lipinski definition) is 0. The van der Waals surface area contributed by atoms with E-state index in [0.29, 0.717) is 11.6 Å². The lowest BCUT2D eigenvalue weighted by Gasteiger charge is -2.28. The molecule has 0 amide bonds. The summed E-state index contributed by atoms with van der Waals surface area (Å²) in [7, 11) is 0. The van der Waals surface area contributed by atoms with Crippen LogP contribution in [0.25, 0.3) is 157 Å². The Labute approximate surface area is 602 Å². The summed E-state index contributed by atoms with van der Waals surface area (Å²) in [6.45, 7) is 0. The number of hydrogen-bond acceptors (Lipinski definition) is 6. The van der Waals surface area contributed by atoms with Gasteiger partial charge in [-0.2, -0.15) is 0 Å². The van der Waals surface area contributed by atoms with E-state index in [4.69, 9.17) is 19.9 Å². The quantitative estimate of drug-likeness (QED) is 0.129. The van der Waals surface area contributed by atoms with Crippen LogP contribution in [0.2, 0.25) is 0 Å². The number of para-hydroxylation sites is 7. The van der Waals surface area contributed by atoms with E-state index in [-0.39, 0.29) is 0 Å². The van der Waals surface area contributed by atoms with Crippen molar-refractivity contribution in [1.29, 1.82) is 0 Å². The van der Waals surface area contributed by atoms with Crippen LogP contribution in [0.3, 0.4) is 0 Å². The first-order chi connectivity index (χ1) is 51.6. The second-order valence-corrected chi connectivity index (χ2v) is 26.5. The Bertz CT molecular complexity index is 6280. The van der Waals surface area contributed by atoms with E-state index >= 15 is 0 Å². The van der Waals surface area contributed by atoms with Crippen molar-refractivity contribution in [2.75, 3.05) is 9.80 Å². The van der Waals surface area contributed by atoms with Crippen molar-refractivity contribution in [3.63, 3.8) is 0 Å². The lowest BCUT2D eigenvalue weighted by molar-refractivity contribution is 1.13. The Morgan fingerprint density at radius 2 is 0.510 bits per heavy atom. The van der Waals surface area contributed by atoms with Gasteiger partial charge in [-0.15, -0.1) is 0 Å². The van der Waals surface area contributed by atoms with Gasteiger partial charge in [0.05, 0.1) is 67.9 Å². The first-order valence-electron chi connectivity index (χ1n) is 35.3. The Hall–Kier alpha value is -14.1. The zero-order valence-electron chi connectivity index (χ0n) is 56.4. The molecule has 104 heavy (non-hydrogen) atoms. The topological polar surface area (TPSA) is 67.9 Å². The van der Waals surface area contributed by atoms with Crippen molar-refractivity contribution in [3.05, 3.63) is 376 Å². The van der Waals surface area contributed by atoms with Gasteiger partial charge < -0.3 is 18.9 Å². The van der Waals surface area contributed by atoms with Crippen LogP contribution < -0.4 is 9.80 Å². The maximum absolute atomic E-state index is 5.47. The van der Waals surface area contributed by atoms with Gasteiger partial charge in [0.1, 0.15) is 0 Å². The van der Waals surface area contributed by atoms with Crippen LogP contribution in [0.15, 0.2) is 376 Å². The molecule has 0 spiro atoms. The molecule has 8 heteroatoms. The zero-order chi connectivity index (χ0) is 68.6. The van der Waals surface area contributed by atoms with E-state index in [2.05, 4.69) is 371 Å². The third kappa shape index (κ3) is 10.1. The molecule has 0 unspecified atom stereocenters. The van der Waals surface area contributed by atoms with Gasteiger partial charge in [-0.05, 0) is 126 Å². The summed E-state index contributed by atoms with van der Waals surface area (Å²) in [5, 5.41) is 2.36. The highest BCUT2D eigenvalue weighted by molar-refractivity contribution is 6.15. The largest absolute Gasteiger partial charge is 0.309 e. The fraction of sp³-hybridized carbons (Fsp3) is 0. The summed E-state index contributed by atoms with van der Waals surface area (Å²) >= 11 is 0. The molecular formula is C96H62N8. The minimum absolute atomic E-state index is 0.643. The molecule has 0 N–H and O–H groups in total. The molecule has 6 heterocycles. The molecule has 4 aromatic heterocycles. The number of anilines is 6. The van der Waals surface area contributed by atoms with Gasteiger partial charge in [-0.25, -0.2) is 19.9 Å². The van der Waals surface area contributed by atoms with Crippen molar-refractivity contribution in [2.45, 2.75) is 0 Å². The molecule has 18 aromatic rings. The highest BCUT2D eigenvalue weighted by Crippen LogP contribution is 2.57. The minimum atomic E-state index is 0.643. The van der Waals surface area contributed by atoms with Gasteiger partial charge in [0, 0.05) is 100 Å². The highest BCUT2D eigenvalue weighted by Gasteiger charge is 2.34. The second kappa shape index (κ2) is 25.0. The highest BCUT2D eigenvalue weighted by atomic mass is 15.2. The predicted octanol–water partition coefficient (Wildman–Crippen LogP) is 25.1. The summed E-state index contributed by atoms with van der Waals surface area (Å²) in [5.74, 6) is 1.33. The zero-order valence-corrected chi connectivity index (χ0v) is 56.4. The predicted molar refractivity (Wildman–Crippen MR) is 428 cm³/mol. The third-order valence-electron chi connectivity index (χ3n) is 20.4. The molecule has 0 bridgehead atoms. The van der Waals surface area contributed by atoms with Crippen molar-refractivity contribution in [2.24, 2.45) is 0 Å². The van der Waals surface area contributed by atoms with E-state index in [1.807, 2.05) is 24.3 Å². The van der Waals surface area contributed by atoms with Gasteiger partial charge in [0.25, 0.3) is 0 Å². The van der Waals surface area contributed by atoms with Crippen LogP contribution in [-0.2, 0) is 0 Å². The van der Waals surface area contributed by atoms with E-state index in [0.717, 1.165) is 152 Å². The third-order valence-corrected chi connectivity index (χ3v) is 20.4. The summed E-state index contributed by atoms with van der Waals surface area (Å²) in [6, 6.07) is 134. The smallest absolute Gasteiger partial charge is 0.160 e. The lowest BCUT2D eigenvalue weighted by atomic mass is 9.98. The number of fused-ring (bicyclic) bond motifs is 14. The summed E-state index contributed by atoms with van der Waals surface area (Å²) in [5.41, 5.74) is 31.6. The fourth-order valence-corrected chi connectivity index (χ4v) is 15.7. The lowest BCUT2D eigenvalue weighted by Crippen LogP contribution is -2.11. The maximum Gasteiger partial charge on any atom is 0.160 e. The minimum Gasteiger partial charge on any atom is -0.309 e.